The summed E-state index contributed by atoms with van der Waals surface area (Å²) in [6.07, 6.45) is 0. The number of carbonyl (C=O) groups excluding carboxylic acids is 2. The van der Waals surface area contributed by atoms with E-state index < -0.39 is 6.03 Å². The number of methoxy groups -OCH3 is 1. The van der Waals surface area contributed by atoms with E-state index in [0.29, 0.717) is 27.9 Å². The summed E-state index contributed by atoms with van der Waals surface area (Å²) in [4.78, 5) is 29.2. The summed E-state index contributed by atoms with van der Waals surface area (Å²) in [6.45, 7) is 2.12. The number of ether oxygens (including phenoxy) is 1. The van der Waals surface area contributed by atoms with E-state index in [1.165, 1.54) is 0 Å². The van der Waals surface area contributed by atoms with Crippen LogP contribution in [0.3, 0.4) is 0 Å². The number of hydrogen-bond donors (Lipinski definition) is 3. The number of aromatic nitrogens is 1. The molecule has 3 amide bonds. The van der Waals surface area contributed by atoms with E-state index in [9.17, 15) is 9.59 Å². The predicted octanol–water partition coefficient (Wildman–Crippen LogP) is 4.03. The number of anilines is 2. The van der Waals surface area contributed by atoms with Gasteiger partial charge in [-0.2, -0.15) is 0 Å². The smallest absolute Gasteiger partial charge is 0.325 e. The van der Waals surface area contributed by atoms with Crippen molar-refractivity contribution in [3.8, 4) is 5.75 Å². The van der Waals surface area contributed by atoms with Crippen molar-refractivity contribution in [2.24, 2.45) is 0 Å². The Morgan fingerprint density at radius 1 is 1.04 bits per heavy atom. The van der Waals surface area contributed by atoms with Gasteiger partial charge in [-0.3, -0.25) is 10.1 Å². The van der Waals surface area contributed by atoms with Crippen molar-refractivity contribution in [2.75, 3.05) is 17.7 Å². The number of urea groups is 1. The highest BCUT2D eigenvalue weighted by Crippen LogP contribution is 2.23. The van der Waals surface area contributed by atoms with E-state index in [2.05, 4.69) is 20.9 Å². The fourth-order valence-corrected chi connectivity index (χ4v) is 3.33. The fourth-order valence-electron chi connectivity index (χ4n) is 2.45. The molecule has 0 saturated heterocycles. The summed E-state index contributed by atoms with van der Waals surface area (Å²) >= 11 is 1.13. The maximum Gasteiger partial charge on any atom is 0.325 e. The van der Waals surface area contributed by atoms with E-state index in [0.717, 1.165) is 22.6 Å². The molecule has 7 nitrogen and oxygen atoms in total. The normalized spacial score (nSPS) is 10.2. The minimum atomic E-state index is -0.412. The van der Waals surface area contributed by atoms with Crippen LogP contribution in [0.4, 0.5) is 15.6 Å². The first kappa shape index (κ1) is 19.4. The van der Waals surface area contributed by atoms with E-state index >= 15 is 0 Å². The number of aryl methyl sites for hydroxylation is 1. The monoisotopic (exact) mass is 396 g/mol. The molecule has 0 aliphatic rings. The van der Waals surface area contributed by atoms with Gasteiger partial charge in [0.05, 0.1) is 12.8 Å². The maximum absolute atomic E-state index is 12.5. The van der Waals surface area contributed by atoms with Gasteiger partial charge in [0.1, 0.15) is 10.6 Å². The van der Waals surface area contributed by atoms with Crippen molar-refractivity contribution >= 4 is 34.1 Å². The van der Waals surface area contributed by atoms with Gasteiger partial charge in [-0.1, -0.05) is 41.7 Å². The zero-order valence-corrected chi connectivity index (χ0v) is 16.3. The third-order valence-corrected chi connectivity index (χ3v) is 4.94. The predicted molar refractivity (Wildman–Crippen MR) is 110 cm³/mol. The van der Waals surface area contributed by atoms with Gasteiger partial charge < -0.3 is 15.4 Å². The molecule has 144 valence electrons. The molecule has 0 fully saturated rings. The van der Waals surface area contributed by atoms with Crippen LogP contribution in [0, 0.1) is 6.92 Å². The highest BCUT2D eigenvalue weighted by Gasteiger charge is 2.16. The second-order valence-corrected chi connectivity index (χ2v) is 6.91. The van der Waals surface area contributed by atoms with Crippen LogP contribution >= 0.6 is 11.3 Å². The summed E-state index contributed by atoms with van der Waals surface area (Å²) in [5.41, 5.74) is 2.19. The Hall–Kier alpha value is -3.39. The Bertz CT molecular complexity index is 955. The van der Waals surface area contributed by atoms with Crippen LogP contribution < -0.4 is 20.7 Å². The second kappa shape index (κ2) is 9.01. The average molecular weight is 396 g/mol. The van der Waals surface area contributed by atoms with Crippen LogP contribution in [0.25, 0.3) is 0 Å². The largest absolute Gasteiger partial charge is 0.497 e. The van der Waals surface area contributed by atoms with Crippen molar-refractivity contribution in [3.05, 3.63) is 70.7 Å². The molecule has 0 aliphatic heterocycles. The van der Waals surface area contributed by atoms with E-state index in [1.807, 2.05) is 42.5 Å². The van der Waals surface area contributed by atoms with Crippen molar-refractivity contribution in [2.45, 2.75) is 13.5 Å². The lowest BCUT2D eigenvalue weighted by molar-refractivity contribution is 0.0954. The number of para-hydroxylation sites is 1. The summed E-state index contributed by atoms with van der Waals surface area (Å²) in [6, 6.07) is 16.1. The van der Waals surface area contributed by atoms with Crippen LogP contribution in [0.1, 0.15) is 20.9 Å². The summed E-state index contributed by atoms with van der Waals surface area (Å²) < 4.78 is 5.12. The second-order valence-electron chi connectivity index (χ2n) is 5.91. The lowest BCUT2D eigenvalue weighted by Crippen LogP contribution is -2.22. The quantitative estimate of drug-likeness (QED) is 0.586. The maximum atomic E-state index is 12.5. The third-order valence-electron chi connectivity index (χ3n) is 3.87. The molecule has 0 radical (unpaired) electrons. The lowest BCUT2D eigenvalue weighted by Gasteiger charge is -2.05. The number of nitrogens with one attached hydrogen (secondary N) is 3. The zero-order chi connectivity index (χ0) is 19.9. The van der Waals surface area contributed by atoms with Crippen LogP contribution in [0.5, 0.6) is 5.75 Å². The number of hydrogen-bond acceptors (Lipinski definition) is 5. The SMILES string of the molecule is COc1ccc(CNC(=O)c2sc(NC(=O)Nc3ccccc3)nc2C)cc1. The molecule has 1 aromatic heterocycles. The fraction of sp³-hybridized carbons (Fsp3) is 0.150. The zero-order valence-electron chi connectivity index (χ0n) is 15.5. The molecule has 3 rings (SSSR count). The number of nitrogens with zero attached hydrogens (tertiary/aromatic N) is 1. The van der Waals surface area contributed by atoms with Crippen molar-refractivity contribution in [3.63, 3.8) is 0 Å². The van der Waals surface area contributed by atoms with Crippen LogP contribution in [0.2, 0.25) is 0 Å². The molecular weight excluding hydrogens is 376 g/mol. The Kier molecular flexibility index (Phi) is 6.23. The van der Waals surface area contributed by atoms with Gasteiger partial charge in [0, 0.05) is 12.2 Å². The number of carbonyl (C=O) groups is 2. The third kappa shape index (κ3) is 5.08. The summed E-state index contributed by atoms with van der Waals surface area (Å²) in [7, 11) is 1.61. The van der Waals surface area contributed by atoms with Crippen molar-refractivity contribution in [1.29, 1.82) is 0 Å². The van der Waals surface area contributed by atoms with Crippen LogP contribution in [0.15, 0.2) is 54.6 Å². The molecule has 2 aromatic carbocycles. The Morgan fingerprint density at radius 3 is 2.43 bits per heavy atom. The number of benzene rings is 2. The molecule has 0 bridgehead atoms. The first-order chi connectivity index (χ1) is 13.5. The minimum Gasteiger partial charge on any atom is -0.497 e. The topological polar surface area (TPSA) is 92.4 Å². The molecule has 0 atom stereocenters. The van der Waals surface area contributed by atoms with Crippen LogP contribution in [-0.4, -0.2) is 24.0 Å². The Labute approximate surface area is 166 Å². The van der Waals surface area contributed by atoms with E-state index in [1.54, 1.807) is 26.2 Å². The van der Waals surface area contributed by atoms with Gasteiger partial charge in [-0.05, 0) is 36.8 Å². The van der Waals surface area contributed by atoms with Gasteiger partial charge in [0.15, 0.2) is 5.13 Å². The minimum absolute atomic E-state index is 0.234. The van der Waals surface area contributed by atoms with Gasteiger partial charge in [0.2, 0.25) is 0 Å². The first-order valence-corrected chi connectivity index (χ1v) is 9.38. The van der Waals surface area contributed by atoms with E-state index in [-0.39, 0.29) is 5.91 Å². The molecule has 3 N–H and O–H groups in total. The van der Waals surface area contributed by atoms with E-state index in [4.69, 9.17) is 4.74 Å². The Morgan fingerprint density at radius 2 is 1.75 bits per heavy atom. The van der Waals surface area contributed by atoms with Gasteiger partial charge in [0.25, 0.3) is 5.91 Å². The first-order valence-electron chi connectivity index (χ1n) is 8.57. The molecule has 0 aliphatic carbocycles. The Balaban J connectivity index is 1.57. The molecule has 8 heteroatoms. The highest BCUT2D eigenvalue weighted by molar-refractivity contribution is 7.17. The number of amides is 3. The molecule has 0 saturated carbocycles. The van der Waals surface area contributed by atoms with Crippen molar-refractivity contribution in [1.82, 2.24) is 10.3 Å². The standard InChI is InChI=1S/C20H20N4O3S/c1-13-17(18(25)21-12-14-8-10-16(27-2)11-9-14)28-20(22-13)24-19(26)23-15-6-4-3-5-7-15/h3-11H,12H2,1-2H3,(H,21,25)(H2,22,23,24,26). The van der Waals surface area contributed by atoms with Crippen LogP contribution in [-0.2, 0) is 6.54 Å². The van der Waals surface area contributed by atoms with Gasteiger partial charge >= 0.3 is 6.03 Å². The number of thiazole rings is 1. The molecule has 0 spiro atoms. The molecular formula is C20H20N4O3S. The van der Waals surface area contributed by atoms with Gasteiger partial charge in [-0.25, -0.2) is 9.78 Å². The van der Waals surface area contributed by atoms with Crippen molar-refractivity contribution < 1.29 is 14.3 Å². The summed E-state index contributed by atoms with van der Waals surface area (Å²) in [5.74, 6) is 0.528. The molecule has 28 heavy (non-hydrogen) atoms. The highest BCUT2D eigenvalue weighted by atomic mass is 32.1. The van der Waals surface area contributed by atoms with Gasteiger partial charge in [-0.15, -0.1) is 0 Å². The molecule has 1 heterocycles. The summed E-state index contributed by atoms with van der Waals surface area (Å²) in [5, 5.41) is 8.59. The molecule has 3 aromatic rings. The number of rotatable bonds is 6. The molecule has 0 unspecified atom stereocenters. The lowest BCUT2D eigenvalue weighted by atomic mass is 10.2. The average Bonchev–Trinajstić information content (AvgIpc) is 3.07.